The molecule has 2 saturated heterocycles. The van der Waals surface area contributed by atoms with Gasteiger partial charge in [0.25, 0.3) is 0 Å². The molecule has 0 aliphatic carbocycles. The van der Waals surface area contributed by atoms with Crippen LogP contribution in [0.3, 0.4) is 0 Å². The van der Waals surface area contributed by atoms with E-state index in [9.17, 15) is 15.2 Å². The van der Waals surface area contributed by atoms with Crippen LogP contribution in [0.15, 0.2) is 54.9 Å². The number of amides is 1. The Hall–Kier alpha value is -4.29. The third kappa shape index (κ3) is 3.49. The van der Waals surface area contributed by atoms with Gasteiger partial charge in [0.1, 0.15) is 24.1 Å². The molecule has 1 aromatic carbocycles. The van der Waals surface area contributed by atoms with Gasteiger partial charge < -0.3 is 15.7 Å². The van der Waals surface area contributed by atoms with Gasteiger partial charge in [0.2, 0.25) is 5.91 Å². The van der Waals surface area contributed by atoms with Gasteiger partial charge in [-0.25, -0.2) is 4.98 Å². The van der Waals surface area contributed by atoms with Gasteiger partial charge >= 0.3 is 0 Å². The van der Waals surface area contributed by atoms with Gasteiger partial charge in [-0.1, -0.05) is 36.4 Å². The van der Waals surface area contributed by atoms with E-state index in [4.69, 9.17) is 10.7 Å². The van der Waals surface area contributed by atoms with Crippen LogP contribution in [0.1, 0.15) is 42.9 Å². The largest absolute Gasteiger partial charge is 0.387 e. The molecule has 3 aromatic heterocycles. The number of carbonyl (C=O) groups is 1. The SMILES string of the molecule is N#Cc1c([C@@H]2C[C@H]3CC[C@@H](C2)N3C(=O)CO)nc2c(-c3ccc(-c4ccccc4)nc3)cnn2c1N. The molecule has 2 fully saturated rings. The van der Waals surface area contributed by atoms with E-state index in [1.807, 2.05) is 47.4 Å². The highest BCUT2D eigenvalue weighted by atomic mass is 16.3. The molecule has 5 heterocycles. The number of nitrogen functional groups attached to an aromatic ring is 1. The van der Waals surface area contributed by atoms with Crippen LogP contribution in [0.2, 0.25) is 0 Å². The maximum atomic E-state index is 12.3. The summed E-state index contributed by atoms with van der Waals surface area (Å²) in [5, 5.41) is 23.8. The normalized spacial score (nSPS) is 21.0. The minimum Gasteiger partial charge on any atom is -0.387 e. The van der Waals surface area contributed by atoms with Crippen molar-refractivity contribution in [3.8, 4) is 28.5 Å². The van der Waals surface area contributed by atoms with Crippen LogP contribution < -0.4 is 5.73 Å². The summed E-state index contributed by atoms with van der Waals surface area (Å²) in [7, 11) is 0. The van der Waals surface area contributed by atoms with Crippen LogP contribution in [-0.4, -0.2) is 54.2 Å². The number of carbonyl (C=O) groups excluding carboxylic acids is 1. The molecule has 1 amide bonds. The van der Waals surface area contributed by atoms with E-state index in [0.29, 0.717) is 29.7 Å². The number of nitriles is 1. The number of fused-ring (bicyclic) bond motifs is 3. The molecule has 3 atom stereocenters. The second-order valence-corrected chi connectivity index (χ2v) is 9.47. The first kappa shape index (κ1) is 22.2. The number of anilines is 1. The van der Waals surface area contributed by atoms with Crippen LogP contribution in [-0.2, 0) is 4.79 Å². The fraction of sp³-hybridized carbons (Fsp3) is 0.296. The molecule has 9 nitrogen and oxygen atoms in total. The number of hydrogen-bond acceptors (Lipinski definition) is 7. The van der Waals surface area contributed by atoms with Crippen molar-refractivity contribution < 1.29 is 9.90 Å². The van der Waals surface area contributed by atoms with Gasteiger partial charge in [0.05, 0.1) is 17.6 Å². The minimum absolute atomic E-state index is 0.00600. The smallest absolute Gasteiger partial charge is 0.248 e. The third-order valence-electron chi connectivity index (χ3n) is 7.51. The molecule has 0 radical (unpaired) electrons. The van der Waals surface area contributed by atoms with Gasteiger partial charge in [0.15, 0.2) is 5.65 Å². The molecule has 2 bridgehead atoms. The highest BCUT2D eigenvalue weighted by molar-refractivity contribution is 5.80. The average Bonchev–Trinajstić information content (AvgIpc) is 3.47. The molecule has 0 spiro atoms. The first-order chi connectivity index (χ1) is 17.6. The van der Waals surface area contributed by atoms with Gasteiger partial charge in [-0.2, -0.15) is 14.9 Å². The predicted molar refractivity (Wildman–Crippen MR) is 133 cm³/mol. The van der Waals surface area contributed by atoms with Gasteiger partial charge in [-0.3, -0.25) is 9.78 Å². The quantitative estimate of drug-likeness (QED) is 0.459. The van der Waals surface area contributed by atoms with Crippen molar-refractivity contribution in [2.45, 2.75) is 43.7 Å². The van der Waals surface area contributed by atoms with Crippen LogP contribution in [0.5, 0.6) is 0 Å². The van der Waals surface area contributed by atoms with Crippen molar-refractivity contribution in [1.82, 2.24) is 24.5 Å². The number of benzene rings is 1. The van der Waals surface area contributed by atoms with E-state index in [2.05, 4.69) is 16.2 Å². The number of aliphatic hydroxyl groups is 1. The van der Waals surface area contributed by atoms with Crippen molar-refractivity contribution >= 4 is 17.4 Å². The molecule has 180 valence electrons. The van der Waals surface area contributed by atoms with E-state index in [0.717, 1.165) is 35.2 Å². The Bertz CT molecular complexity index is 1480. The van der Waals surface area contributed by atoms with E-state index >= 15 is 0 Å². The lowest BCUT2D eigenvalue weighted by molar-refractivity contribution is -0.138. The molecule has 6 rings (SSSR count). The summed E-state index contributed by atoms with van der Waals surface area (Å²) in [5.74, 6) is 0.0289. The van der Waals surface area contributed by atoms with Crippen LogP contribution in [0.4, 0.5) is 5.82 Å². The molecule has 36 heavy (non-hydrogen) atoms. The Kier molecular flexibility index (Phi) is 5.38. The zero-order chi connectivity index (χ0) is 24.8. The van der Waals surface area contributed by atoms with E-state index in [1.165, 1.54) is 4.52 Å². The topological polar surface area (TPSA) is 133 Å². The van der Waals surface area contributed by atoms with Gasteiger partial charge in [0, 0.05) is 40.9 Å². The summed E-state index contributed by atoms with van der Waals surface area (Å²) in [5.41, 5.74) is 11.6. The summed E-state index contributed by atoms with van der Waals surface area (Å²) in [6.07, 6.45) is 6.67. The lowest BCUT2D eigenvalue weighted by Gasteiger charge is -2.38. The lowest BCUT2D eigenvalue weighted by Crippen LogP contribution is -2.47. The fourth-order valence-corrected chi connectivity index (χ4v) is 5.87. The summed E-state index contributed by atoms with van der Waals surface area (Å²) in [4.78, 5) is 23.7. The van der Waals surface area contributed by atoms with E-state index in [1.54, 1.807) is 12.4 Å². The zero-order valence-electron chi connectivity index (χ0n) is 19.6. The monoisotopic (exact) mass is 479 g/mol. The molecular weight excluding hydrogens is 454 g/mol. The first-order valence-corrected chi connectivity index (χ1v) is 12.1. The summed E-state index contributed by atoms with van der Waals surface area (Å²) in [6, 6.07) is 16.2. The average molecular weight is 480 g/mol. The molecule has 2 aliphatic heterocycles. The third-order valence-corrected chi connectivity index (χ3v) is 7.51. The van der Waals surface area contributed by atoms with Gasteiger partial charge in [-0.05, 0) is 31.7 Å². The van der Waals surface area contributed by atoms with Crippen LogP contribution in [0.25, 0.3) is 28.0 Å². The second-order valence-electron chi connectivity index (χ2n) is 9.47. The highest BCUT2D eigenvalue weighted by Crippen LogP contribution is 2.44. The number of aromatic nitrogens is 4. The number of piperidine rings is 1. The number of aliphatic hydroxyl groups excluding tert-OH is 1. The Morgan fingerprint density at radius 2 is 1.83 bits per heavy atom. The van der Waals surface area contributed by atoms with E-state index < -0.39 is 6.61 Å². The Labute approximate surface area is 207 Å². The Morgan fingerprint density at radius 3 is 2.47 bits per heavy atom. The molecule has 3 N–H and O–H groups in total. The lowest BCUT2D eigenvalue weighted by atomic mass is 9.86. The van der Waals surface area contributed by atoms with Gasteiger partial charge in [-0.15, -0.1) is 0 Å². The zero-order valence-corrected chi connectivity index (χ0v) is 19.6. The van der Waals surface area contributed by atoms with Crippen LogP contribution in [0, 0.1) is 11.3 Å². The predicted octanol–water partition coefficient (Wildman–Crippen LogP) is 3.14. The summed E-state index contributed by atoms with van der Waals surface area (Å²) >= 11 is 0. The van der Waals surface area contributed by atoms with Crippen molar-refractivity contribution in [2.24, 2.45) is 0 Å². The molecule has 4 aromatic rings. The second kappa shape index (κ2) is 8.73. The minimum atomic E-state index is -0.478. The molecule has 0 saturated carbocycles. The van der Waals surface area contributed by atoms with E-state index in [-0.39, 0.29) is 29.7 Å². The highest BCUT2D eigenvalue weighted by Gasteiger charge is 2.44. The number of hydrogen-bond donors (Lipinski definition) is 2. The number of nitrogens with two attached hydrogens (primary N) is 1. The standard InChI is InChI=1S/C27H25N7O2/c28-12-21-25(18-10-19-7-8-20(11-18)33(19)24(36)15-35)32-27-22(14-31-34(27)26(21)29)17-6-9-23(30-13-17)16-4-2-1-3-5-16/h1-6,9,13-14,18-20,35H,7-8,10-11,15,29H2/t18-,19-,20+. The maximum Gasteiger partial charge on any atom is 0.248 e. The maximum absolute atomic E-state index is 12.3. The number of rotatable bonds is 4. The molecular formula is C27H25N7O2. The Morgan fingerprint density at radius 1 is 1.08 bits per heavy atom. The first-order valence-electron chi connectivity index (χ1n) is 12.1. The van der Waals surface area contributed by atoms with Crippen molar-refractivity contribution in [3.05, 3.63) is 66.1 Å². The molecule has 9 heteroatoms. The summed E-state index contributed by atoms with van der Waals surface area (Å²) in [6.45, 7) is -0.478. The number of pyridine rings is 1. The summed E-state index contributed by atoms with van der Waals surface area (Å²) < 4.78 is 1.52. The number of nitrogens with zero attached hydrogens (tertiary/aromatic N) is 6. The van der Waals surface area contributed by atoms with Crippen molar-refractivity contribution in [2.75, 3.05) is 12.3 Å². The fourth-order valence-electron chi connectivity index (χ4n) is 5.87. The van der Waals surface area contributed by atoms with Crippen molar-refractivity contribution in [3.63, 3.8) is 0 Å². The molecule has 0 unspecified atom stereocenters. The van der Waals surface area contributed by atoms with Crippen molar-refractivity contribution in [1.29, 1.82) is 5.26 Å². The molecule has 2 aliphatic rings. The van der Waals surface area contributed by atoms with Crippen LogP contribution >= 0.6 is 0 Å². The Balaban J connectivity index is 1.39.